The van der Waals surface area contributed by atoms with Gasteiger partial charge in [0.15, 0.2) is 6.73 Å². The lowest BCUT2D eigenvalue weighted by molar-refractivity contribution is -0.153. The Morgan fingerprint density at radius 3 is 2.52 bits per heavy atom. The summed E-state index contributed by atoms with van der Waals surface area (Å²) in [7, 11) is 2.00. The van der Waals surface area contributed by atoms with Gasteiger partial charge >= 0.3 is 5.97 Å². The quantitative estimate of drug-likeness (QED) is 0.605. The third-order valence-electron chi connectivity index (χ3n) is 3.83. The number of ether oxygens (including phenoxy) is 1. The van der Waals surface area contributed by atoms with Crippen LogP contribution in [0.15, 0.2) is 18.2 Å². The van der Waals surface area contributed by atoms with E-state index >= 15 is 0 Å². The van der Waals surface area contributed by atoms with Crippen molar-refractivity contribution in [2.75, 3.05) is 11.6 Å². The summed E-state index contributed by atoms with van der Waals surface area (Å²) in [5.41, 5.74) is 1.77. The Morgan fingerprint density at radius 1 is 1.33 bits per heavy atom. The summed E-state index contributed by atoms with van der Waals surface area (Å²) in [5.74, 6) is -0.349. The van der Waals surface area contributed by atoms with E-state index in [0.29, 0.717) is 0 Å². The van der Waals surface area contributed by atoms with E-state index in [-0.39, 0.29) is 18.6 Å². The van der Waals surface area contributed by atoms with E-state index in [1.54, 1.807) is 25.7 Å². The lowest BCUT2D eigenvalue weighted by Crippen LogP contribution is -2.39. The summed E-state index contributed by atoms with van der Waals surface area (Å²) in [5, 5.41) is 0. The lowest BCUT2D eigenvalue weighted by Gasteiger charge is -2.23. The maximum Gasteiger partial charge on any atom is 0.312 e. The number of rotatable bonds is 2. The van der Waals surface area contributed by atoms with E-state index in [2.05, 4.69) is 0 Å². The summed E-state index contributed by atoms with van der Waals surface area (Å²) < 4.78 is 5.31. The molecule has 2 rings (SSSR count). The molecule has 1 amide bonds. The van der Waals surface area contributed by atoms with E-state index in [1.807, 2.05) is 39.9 Å². The van der Waals surface area contributed by atoms with Gasteiger partial charge in [0.25, 0.3) is 0 Å². The van der Waals surface area contributed by atoms with Crippen LogP contribution in [0.2, 0.25) is 0 Å². The number of hydrogen-bond acceptors (Lipinski definition) is 3. The van der Waals surface area contributed by atoms with Gasteiger partial charge in [-0.3, -0.25) is 14.5 Å². The van der Waals surface area contributed by atoms with Crippen LogP contribution in [0, 0.1) is 5.41 Å². The van der Waals surface area contributed by atoms with Gasteiger partial charge in [0, 0.05) is 0 Å². The molecule has 0 spiro atoms. The first-order valence-corrected chi connectivity index (χ1v) is 7.15. The van der Waals surface area contributed by atoms with Crippen LogP contribution in [0.5, 0.6) is 0 Å². The van der Waals surface area contributed by atoms with Crippen LogP contribution >= 0.6 is 0 Å². The fourth-order valence-electron chi connectivity index (χ4n) is 2.42. The van der Waals surface area contributed by atoms with Crippen molar-refractivity contribution in [3.63, 3.8) is 0 Å². The Kier molecular flexibility index (Phi) is 3.64. The molecule has 1 aromatic carbocycles. The predicted molar refractivity (Wildman–Crippen MR) is 85.5 cm³/mol. The van der Waals surface area contributed by atoms with Crippen LogP contribution in [0.4, 0.5) is 5.69 Å². The maximum atomic E-state index is 12.6. The molecule has 1 aromatic rings. The summed E-state index contributed by atoms with van der Waals surface area (Å²) >= 11 is 0. The highest BCUT2D eigenvalue weighted by molar-refractivity contribution is 6.32. The number of esters is 1. The van der Waals surface area contributed by atoms with Gasteiger partial charge in [-0.25, -0.2) is 0 Å². The van der Waals surface area contributed by atoms with Gasteiger partial charge in [0.1, 0.15) is 7.85 Å². The smallest absolute Gasteiger partial charge is 0.312 e. The summed E-state index contributed by atoms with van der Waals surface area (Å²) in [6, 6.07) is 5.91. The topological polar surface area (TPSA) is 46.6 Å². The Labute approximate surface area is 126 Å². The number of benzene rings is 1. The molecule has 4 nitrogen and oxygen atoms in total. The SMILES string of the molecule is Bc1ccc2c(c1)C(C)(C)C(=O)N2COC(=O)C(C)(C)C. The van der Waals surface area contributed by atoms with Gasteiger partial charge < -0.3 is 4.74 Å². The van der Waals surface area contributed by atoms with Crippen LogP contribution in [-0.4, -0.2) is 26.5 Å². The molecule has 5 heteroatoms. The second kappa shape index (κ2) is 4.90. The maximum absolute atomic E-state index is 12.6. The van der Waals surface area contributed by atoms with Crippen LogP contribution in [-0.2, 0) is 19.7 Å². The van der Waals surface area contributed by atoms with Crippen LogP contribution in [0.1, 0.15) is 40.2 Å². The van der Waals surface area contributed by atoms with E-state index in [0.717, 1.165) is 16.7 Å². The first kappa shape index (κ1) is 15.6. The number of nitrogens with zero attached hydrogens (tertiary/aromatic N) is 1. The monoisotopic (exact) mass is 287 g/mol. The van der Waals surface area contributed by atoms with Crippen molar-refractivity contribution in [3.05, 3.63) is 23.8 Å². The Hall–Kier alpha value is -1.78. The largest absolute Gasteiger partial charge is 0.443 e. The highest BCUT2D eigenvalue weighted by Crippen LogP contribution is 2.40. The number of carbonyl (C=O) groups excluding carboxylic acids is 2. The van der Waals surface area contributed by atoms with Crippen LogP contribution in [0.25, 0.3) is 0 Å². The average Bonchev–Trinajstić information content (AvgIpc) is 2.55. The molecule has 0 saturated heterocycles. The van der Waals surface area contributed by atoms with E-state index in [4.69, 9.17) is 4.74 Å². The lowest BCUT2D eigenvalue weighted by atomic mass is 9.83. The molecule has 1 heterocycles. The van der Waals surface area contributed by atoms with Gasteiger partial charge in [-0.2, -0.15) is 0 Å². The van der Waals surface area contributed by atoms with Gasteiger partial charge in [0.2, 0.25) is 5.91 Å². The van der Waals surface area contributed by atoms with Crippen LogP contribution in [0.3, 0.4) is 0 Å². The minimum atomic E-state index is -0.588. The normalized spacial score (nSPS) is 16.8. The van der Waals surface area contributed by atoms with Gasteiger partial charge in [-0.1, -0.05) is 17.6 Å². The van der Waals surface area contributed by atoms with Crippen molar-refractivity contribution in [1.29, 1.82) is 0 Å². The average molecular weight is 287 g/mol. The molecule has 0 atom stereocenters. The molecular formula is C16H22BNO3. The third-order valence-corrected chi connectivity index (χ3v) is 3.83. The highest BCUT2D eigenvalue weighted by atomic mass is 16.5. The standard InChI is InChI=1S/C16H22BNO3/c1-15(2,3)14(20)21-9-18-12-7-6-10(17)8-11(12)16(4,5)13(18)19/h6-8H,9,17H2,1-5H3. The fraction of sp³-hybridized carbons (Fsp3) is 0.500. The molecule has 21 heavy (non-hydrogen) atoms. The number of amides is 1. The predicted octanol–water partition coefficient (Wildman–Crippen LogP) is 1.12. The summed E-state index contributed by atoms with van der Waals surface area (Å²) in [6.07, 6.45) is 0. The molecule has 0 unspecified atom stereocenters. The molecule has 0 aliphatic carbocycles. The Balaban J connectivity index is 2.27. The van der Waals surface area contributed by atoms with Crippen molar-refractivity contribution in [3.8, 4) is 0 Å². The number of fused-ring (bicyclic) bond motifs is 1. The van der Waals surface area contributed by atoms with Crippen molar-refractivity contribution in [2.24, 2.45) is 5.41 Å². The van der Waals surface area contributed by atoms with Gasteiger partial charge in [0.05, 0.1) is 16.5 Å². The zero-order valence-electron chi connectivity index (χ0n) is 13.6. The zero-order valence-corrected chi connectivity index (χ0v) is 13.6. The van der Waals surface area contributed by atoms with Crippen molar-refractivity contribution >= 4 is 30.9 Å². The fourth-order valence-corrected chi connectivity index (χ4v) is 2.42. The minimum Gasteiger partial charge on any atom is -0.443 e. The van der Waals surface area contributed by atoms with E-state index in [1.165, 1.54) is 0 Å². The number of anilines is 1. The molecule has 0 radical (unpaired) electrons. The second-order valence-corrected chi connectivity index (χ2v) is 7.19. The molecule has 112 valence electrons. The van der Waals surface area contributed by atoms with E-state index in [9.17, 15) is 9.59 Å². The van der Waals surface area contributed by atoms with E-state index < -0.39 is 10.8 Å². The Morgan fingerprint density at radius 2 is 1.95 bits per heavy atom. The zero-order chi connectivity index (χ0) is 16.0. The number of carbonyl (C=O) groups is 2. The molecule has 1 aliphatic rings. The van der Waals surface area contributed by atoms with Crippen molar-refractivity contribution in [2.45, 2.75) is 40.0 Å². The molecule has 1 aliphatic heterocycles. The van der Waals surface area contributed by atoms with Crippen molar-refractivity contribution in [1.82, 2.24) is 0 Å². The summed E-state index contributed by atoms with van der Waals surface area (Å²) in [6.45, 7) is 9.15. The molecular weight excluding hydrogens is 265 g/mol. The molecule has 0 fully saturated rings. The molecule has 0 N–H and O–H groups in total. The summed E-state index contributed by atoms with van der Waals surface area (Å²) in [4.78, 5) is 26.0. The molecule has 0 aromatic heterocycles. The van der Waals surface area contributed by atoms with Gasteiger partial charge in [-0.05, 0) is 46.2 Å². The first-order valence-electron chi connectivity index (χ1n) is 7.15. The Bertz CT molecular complexity index is 602. The minimum absolute atomic E-state index is 0.0333. The third kappa shape index (κ3) is 2.69. The number of hydrogen-bond donors (Lipinski definition) is 0. The van der Waals surface area contributed by atoms with Crippen LogP contribution < -0.4 is 10.4 Å². The second-order valence-electron chi connectivity index (χ2n) is 7.19. The van der Waals surface area contributed by atoms with Crippen molar-refractivity contribution < 1.29 is 14.3 Å². The first-order chi connectivity index (χ1) is 9.55. The molecule has 0 saturated carbocycles. The van der Waals surface area contributed by atoms with Gasteiger partial charge in [-0.15, -0.1) is 0 Å². The molecule has 0 bridgehead atoms. The highest BCUT2D eigenvalue weighted by Gasteiger charge is 2.44.